The number of aliphatic carboxylic acids is 1. The third-order valence-electron chi connectivity index (χ3n) is 2.13. The molecule has 0 unspecified atom stereocenters. The van der Waals surface area contributed by atoms with Crippen LogP contribution >= 0.6 is 0 Å². The summed E-state index contributed by atoms with van der Waals surface area (Å²) in [4.78, 5) is 11.4. The van der Waals surface area contributed by atoms with Gasteiger partial charge in [0.05, 0.1) is 0 Å². The van der Waals surface area contributed by atoms with Crippen LogP contribution in [0.5, 0.6) is 0 Å². The van der Waals surface area contributed by atoms with Crippen molar-refractivity contribution < 1.29 is 23.1 Å². The molecular formula is C9H18F3N3O2. The number of carboxylic acid groups (broad SMARTS) is 1. The van der Waals surface area contributed by atoms with Crippen LogP contribution in [0.25, 0.3) is 0 Å². The van der Waals surface area contributed by atoms with Crippen molar-refractivity contribution in [2.75, 3.05) is 46.3 Å². The molecule has 0 radical (unpaired) electrons. The summed E-state index contributed by atoms with van der Waals surface area (Å²) < 4.78 is 31.7. The molecular weight excluding hydrogens is 239 g/mol. The second-order valence-electron chi connectivity index (χ2n) is 3.50. The fourth-order valence-corrected chi connectivity index (χ4v) is 1.20. The van der Waals surface area contributed by atoms with E-state index in [4.69, 9.17) is 9.90 Å². The lowest BCUT2D eigenvalue weighted by atomic mass is 10.3. The number of hydrogen-bond acceptors (Lipinski definition) is 4. The molecule has 3 N–H and O–H groups in total. The van der Waals surface area contributed by atoms with Gasteiger partial charge in [0.1, 0.15) is 0 Å². The van der Waals surface area contributed by atoms with E-state index in [9.17, 15) is 13.2 Å². The molecule has 0 bridgehead atoms. The number of alkyl halides is 3. The number of rotatable bonds is 3. The van der Waals surface area contributed by atoms with E-state index in [1.54, 1.807) is 0 Å². The number of carboxylic acids is 1. The van der Waals surface area contributed by atoms with E-state index < -0.39 is 12.1 Å². The van der Waals surface area contributed by atoms with Crippen LogP contribution in [0, 0.1) is 0 Å². The Morgan fingerprint density at radius 2 is 1.88 bits per heavy atom. The van der Waals surface area contributed by atoms with Crippen LogP contribution in [0.1, 0.15) is 0 Å². The van der Waals surface area contributed by atoms with Crippen molar-refractivity contribution in [1.29, 1.82) is 0 Å². The summed E-state index contributed by atoms with van der Waals surface area (Å²) >= 11 is 0. The van der Waals surface area contributed by atoms with Crippen LogP contribution in [0.2, 0.25) is 0 Å². The van der Waals surface area contributed by atoms with Crippen molar-refractivity contribution in [3.05, 3.63) is 0 Å². The Bertz CT molecular complexity index is 218. The van der Waals surface area contributed by atoms with Gasteiger partial charge in [-0.15, -0.1) is 0 Å². The minimum Gasteiger partial charge on any atom is -0.475 e. The van der Waals surface area contributed by atoms with Gasteiger partial charge in [0.25, 0.3) is 0 Å². The molecule has 102 valence electrons. The quantitative estimate of drug-likeness (QED) is 0.650. The minimum atomic E-state index is -5.08. The Balaban J connectivity index is 0.000000325. The maximum atomic E-state index is 10.6. The van der Waals surface area contributed by atoms with Crippen LogP contribution in [-0.4, -0.2) is 68.5 Å². The number of piperazine rings is 1. The summed E-state index contributed by atoms with van der Waals surface area (Å²) in [5.74, 6) is -2.76. The predicted molar refractivity (Wildman–Crippen MR) is 56.9 cm³/mol. The molecule has 1 fully saturated rings. The van der Waals surface area contributed by atoms with E-state index in [1.165, 1.54) is 19.6 Å². The zero-order chi connectivity index (χ0) is 13.3. The predicted octanol–water partition coefficient (Wildman–Crippen LogP) is -0.256. The fraction of sp³-hybridized carbons (Fsp3) is 0.889. The first-order valence-electron chi connectivity index (χ1n) is 5.25. The largest absolute Gasteiger partial charge is 0.490 e. The van der Waals surface area contributed by atoms with E-state index >= 15 is 0 Å². The summed E-state index contributed by atoms with van der Waals surface area (Å²) in [5.41, 5.74) is 0. The van der Waals surface area contributed by atoms with Gasteiger partial charge in [-0.3, -0.25) is 4.90 Å². The SMILES string of the molecule is CNCCN1CCNCC1.O=C(O)C(F)(F)F. The first kappa shape index (κ1) is 16.1. The monoisotopic (exact) mass is 257 g/mol. The van der Waals surface area contributed by atoms with E-state index in [2.05, 4.69) is 15.5 Å². The molecule has 8 heteroatoms. The van der Waals surface area contributed by atoms with Crippen LogP contribution in [0.3, 0.4) is 0 Å². The highest BCUT2D eigenvalue weighted by atomic mass is 19.4. The Morgan fingerprint density at radius 3 is 2.24 bits per heavy atom. The van der Waals surface area contributed by atoms with Crippen molar-refractivity contribution in [3.63, 3.8) is 0 Å². The molecule has 0 saturated carbocycles. The Labute approximate surface area is 98.0 Å². The first-order valence-corrected chi connectivity index (χ1v) is 5.25. The van der Waals surface area contributed by atoms with Gasteiger partial charge >= 0.3 is 12.1 Å². The second-order valence-corrected chi connectivity index (χ2v) is 3.50. The molecule has 1 aliphatic rings. The number of nitrogens with one attached hydrogen (secondary N) is 2. The normalized spacial score (nSPS) is 17.2. The molecule has 0 atom stereocenters. The molecule has 0 aromatic rings. The Kier molecular flexibility index (Phi) is 7.85. The van der Waals surface area contributed by atoms with Gasteiger partial charge in [0, 0.05) is 39.3 Å². The van der Waals surface area contributed by atoms with Gasteiger partial charge in [-0.1, -0.05) is 0 Å². The Hall–Kier alpha value is -0.860. The van der Waals surface area contributed by atoms with Crippen molar-refractivity contribution >= 4 is 5.97 Å². The lowest BCUT2D eigenvalue weighted by Crippen LogP contribution is -2.45. The summed E-state index contributed by atoms with van der Waals surface area (Å²) in [6.45, 7) is 7.04. The highest BCUT2D eigenvalue weighted by molar-refractivity contribution is 5.73. The smallest absolute Gasteiger partial charge is 0.475 e. The number of carbonyl (C=O) groups is 1. The van der Waals surface area contributed by atoms with E-state index in [1.807, 2.05) is 7.05 Å². The van der Waals surface area contributed by atoms with Gasteiger partial charge in [0.2, 0.25) is 0 Å². The van der Waals surface area contributed by atoms with Crippen LogP contribution in [0.4, 0.5) is 13.2 Å². The van der Waals surface area contributed by atoms with Crippen LogP contribution in [0.15, 0.2) is 0 Å². The molecule has 1 heterocycles. The van der Waals surface area contributed by atoms with E-state index in [0.717, 1.165) is 19.6 Å². The fourth-order valence-electron chi connectivity index (χ4n) is 1.20. The van der Waals surface area contributed by atoms with E-state index in [0.29, 0.717) is 0 Å². The Morgan fingerprint density at radius 1 is 1.41 bits per heavy atom. The molecule has 0 amide bonds. The van der Waals surface area contributed by atoms with Gasteiger partial charge < -0.3 is 15.7 Å². The summed E-state index contributed by atoms with van der Waals surface area (Å²) in [5, 5.41) is 13.6. The van der Waals surface area contributed by atoms with Crippen LogP contribution in [-0.2, 0) is 4.79 Å². The second kappa shape index (κ2) is 8.26. The standard InChI is InChI=1S/C7H17N3.C2HF3O2/c1-8-2-5-10-6-3-9-4-7-10;3-2(4,5)1(6)7/h8-9H,2-7H2,1H3;(H,6,7). The van der Waals surface area contributed by atoms with Crippen molar-refractivity contribution in [2.45, 2.75) is 6.18 Å². The summed E-state index contributed by atoms with van der Waals surface area (Å²) in [6, 6.07) is 0. The maximum Gasteiger partial charge on any atom is 0.490 e. The van der Waals surface area contributed by atoms with Gasteiger partial charge in [-0.2, -0.15) is 13.2 Å². The summed E-state index contributed by atoms with van der Waals surface area (Å²) in [7, 11) is 2.00. The molecule has 17 heavy (non-hydrogen) atoms. The minimum absolute atomic E-state index is 1.11. The number of likely N-dealkylation sites (N-methyl/N-ethyl adjacent to an activating group) is 1. The molecule has 0 spiro atoms. The number of nitrogens with zero attached hydrogens (tertiary/aromatic N) is 1. The zero-order valence-corrected chi connectivity index (χ0v) is 9.68. The van der Waals surface area contributed by atoms with Crippen molar-refractivity contribution in [3.8, 4) is 0 Å². The topological polar surface area (TPSA) is 64.6 Å². The number of hydrogen-bond donors (Lipinski definition) is 3. The lowest BCUT2D eigenvalue weighted by Gasteiger charge is -2.26. The molecule has 1 rings (SSSR count). The summed E-state index contributed by atoms with van der Waals surface area (Å²) in [6.07, 6.45) is -5.08. The molecule has 1 saturated heterocycles. The molecule has 1 aliphatic heterocycles. The maximum absolute atomic E-state index is 10.6. The van der Waals surface area contributed by atoms with Gasteiger partial charge in [0.15, 0.2) is 0 Å². The third kappa shape index (κ3) is 8.90. The third-order valence-corrected chi connectivity index (χ3v) is 2.13. The number of halogens is 3. The zero-order valence-electron chi connectivity index (χ0n) is 9.68. The average molecular weight is 257 g/mol. The van der Waals surface area contributed by atoms with Crippen molar-refractivity contribution in [1.82, 2.24) is 15.5 Å². The molecule has 0 aromatic heterocycles. The molecule has 5 nitrogen and oxygen atoms in total. The first-order chi connectivity index (χ1) is 7.88. The van der Waals surface area contributed by atoms with Gasteiger partial charge in [-0.05, 0) is 7.05 Å². The van der Waals surface area contributed by atoms with E-state index in [-0.39, 0.29) is 0 Å². The molecule has 0 aromatic carbocycles. The average Bonchev–Trinajstić information content (AvgIpc) is 2.27. The highest BCUT2D eigenvalue weighted by Gasteiger charge is 2.38. The van der Waals surface area contributed by atoms with Crippen LogP contribution < -0.4 is 10.6 Å². The lowest BCUT2D eigenvalue weighted by molar-refractivity contribution is -0.192. The van der Waals surface area contributed by atoms with Gasteiger partial charge in [-0.25, -0.2) is 4.79 Å². The van der Waals surface area contributed by atoms with Crippen molar-refractivity contribution in [2.24, 2.45) is 0 Å². The highest BCUT2D eigenvalue weighted by Crippen LogP contribution is 2.13. The molecule has 0 aliphatic carbocycles.